The highest BCUT2D eigenvalue weighted by Gasteiger charge is 2.19. The number of hydrogen-bond acceptors (Lipinski definition) is 2. The Morgan fingerprint density at radius 1 is 1.40 bits per heavy atom. The summed E-state index contributed by atoms with van der Waals surface area (Å²) >= 11 is 0. The van der Waals surface area contributed by atoms with Gasteiger partial charge in [-0.05, 0) is 26.1 Å². The Labute approximate surface area is 94.5 Å². The van der Waals surface area contributed by atoms with E-state index >= 15 is 0 Å². The van der Waals surface area contributed by atoms with E-state index in [-0.39, 0.29) is 5.91 Å². The maximum absolute atomic E-state index is 10.8. The number of nitrogens with one attached hydrogen (secondary N) is 1. The van der Waals surface area contributed by atoms with Crippen molar-refractivity contribution in [1.82, 2.24) is 10.2 Å². The predicted octanol–water partition coefficient (Wildman–Crippen LogP) is 2.05. The standard InChI is InChI=1S/C8H14N2O.2C2H6/c1-3-8(11)9-7-4-5-10(2)6-7;2*1-2/h3,7H,1,4-6H2,2H3,(H,9,11);2*1-2H3. The Hall–Kier alpha value is -0.830. The van der Waals surface area contributed by atoms with Crippen molar-refractivity contribution in [3.05, 3.63) is 12.7 Å². The number of amides is 1. The molecule has 15 heavy (non-hydrogen) atoms. The van der Waals surface area contributed by atoms with Crippen LogP contribution in [0.15, 0.2) is 12.7 Å². The van der Waals surface area contributed by atoms with Gasteiger partial charge in [0.15, 0.2) is 0 Å². The van der Waals surface area contributed by atoms with E-state index in [0.29, 0.717) is 6.04 Å². The van der Waals surface area contributed by atoms with E-state index in [9.17, 15) is 4.79 Å². The van der Waals surface area contributed by atoms with Crippen LogP contribution in [0.25, 0.3) is 0 Å². The highest BCUT2D eigenvalue weighted by Crippen LogP contribution is 2.05. The molecule has 1 unspecified atom stereocenters. The third-order valence-electron chi connectivity index (χ3n) is 1.92. The highest BCUT2D eigenvalue weighted by molar-refractivity contribution is 5.87. The van der Waals surface area contributed by atoms with E-state index in [1.165, 1.54) is 6.08 Å². The van der Waals surface area contributed by atoms with Crippen LogP contribution in [0.2, 0.25) is 0 Å². The second-order valence-corrected chi connectivity index (χ2v) is 2.96. The van der Waals surface area contributed by atoms with Crippen LogP contribution < -0.4 is 5.32 Å². The van der Waals surface area contributed by atoms with Gasteiger partial charge in [-0.25, -0.2) is 0 Å². The van der Waals surface area contributed by atoms with Crippen molar-refractivity contribution < 1.29 is 4.79 Å². The molecule has 0 aromatic carbocycles. The summed E-state index contributed by atoms with van der Waals surface area (Å²) in [5.74, 6) is -0.0645. The molecule has 0 spiro atoms. The molecule has 0 bridgehead atoms. The first-order valence-electron chi connectivity index (χ1n) is 5.84. The number of likely N-dealkylation sites (N-methyl/N-ethyl adjacent to an activating group) is 1. The summed E-state index contributed by atoms with van der Waals surface area (Å²) in [5.41, 5.74) is 0. The fourth-order valence-electron chi connectivity index (χ4n) is 1.31. The molecule has 0 aliphatic carbocycles. The van der Waals surface area contributed by atoms with Gasteiger partial charge in [-0.3, -0.25) is 4.79 Å². The molecule has 1 N–H and O–H groups in total. The summed E-state index contributed by atoms with van der Waals surface area (Å²) in [6.45, 7) is 13.4. The minimum atomic E-state index is -0.0645. The Morgan fingerprint density at radius 3 is 2.27 bits per heavy atom. The lowest BCUT2D eigenvalue weighted by molar-refractivity contribution is -0.117. The third-order valence-corrected chi connectivity index (χ3v) is 1.92. The summed E-state index contributed by atoms with van der Waals surface area (Å²) in [5, 5.41) is 2.86. The van der Waals surface area contributed by atoms with Crippen molar-refractivity contribution >= 4 is 5.91 Å². The van der Waals surface area contributed by atoms with Crippen LogP contribution in [0.3, 0.4) is 0 Å². The molecule has 0 aromatic heterocycles. The van der Waals surface area contributed by atoms with Crippen LogP contribution in [-0.4, -0.2) is 37.0 Å². The zero-order chi connectivity index (χ0) is 12.3. The first-order valence-corrected chi connectivity index (χ1v) is 5.84. The molecular weight excluding hydrogens is 188 g/mol. The molecule has 90 valence electrons. The lowest BCUT2D eigenvalue weighted by atomic mass is 10.2. The summed E-state index contributed by atoms with van der Waals surface area (Å²) in [6.07, 6.45) is 2.37. The summed E-state index contributed by atoms with van der Waals surface area (Å²) < 4.78 is 0. The van der Waals surface area contributed by atoms with Crippen molar-refractivity contribution in [3.63, 3.8) is 0 Å². The minimum Gasteiger partial charge on any atom is -0.349 e. The van der Waals surface area contributed by atoms with Crippen molar-refractivity contribution in [2.45, 2.75) is 40.2 Å². The Morgan fingerprint density at radius 2 is 1.93 bits per heavy atom. The van der Waals surface area contributed by atoms with E-state index in [1.54, 1.807) is 0 Å². The van der Waals surface area contributed by atoms with Gasteiger partial charge < -0.3 is 10.2 Å². The number of rotatable bonds is 2. The van der Waals surface area contributed by atoms with Gasteiger partial charge in [-0.15, -0.1) is 0 Å². The first-order chi connectivity index (χ1) is 7.22. The lowest BCUT2D eigenvalue weighted by Crippen LogP contribution is -2.35. The molecule has 3 nitrogen and oxygen atoms in total. The number of likely N-dealkylation sites (tertiary alicyclic amines) is 1. The summed E-state index contributed by atoms with van der Waals surface area (Å²) in [6, 6.07) is 0.325. The molecule has 1 heterocycles. The molecule has 1 atom stereocenters. The number of hydrogen-bond donors (Lipinski definition) is 1. The Kier molecular flexibility index (Phi) is 12.4. The average molecular weight is 214 g/mol. The second kappa shape index (κ2) is 11.2. The number of nitrogens with zero attached hydrogens (tertiary/aromatic N) is 1. The fraction of sp³-hybridized carbons (Fsp3) is 0.750. The van der Waals surface area contributed by atoms with Crippen LogP contribution in [-0.2, 0) is 4.79 Å². The average Bonchev–Trinajstić information content (AvgIpc) is 2.69. The molecule has 3 heteroatoms. The van der Waals surface area contributed by atoms with Crippen LogP contribution >= 0.6 is 0 Å². The maximum Gasteiger partial charge on any atom is 0.243 e. The van der Waals surface area contributed by atoms with E-state index < -0.39 is 0 Å². The van der Waals surface area contributed by atoms with Crippen molar-refractivity contribution in [2.24, 2.45) is 0 Å². The number of carbonyl (C=O) groups is 1. The van der Waals surface area contributed by atoms with Gasteiger partial charge in [0.05, 0.1) is 0 Å². The molecule has 0 saturated carbocycles. The van der Waals surface area contributed by atoms with E-state index in [4.69, 9.17) is 0 Å². The van der Waals surface area contributed by atoms with Gasteiger partial charge >= 0.3 is 0 Å². The molecule has 1 saturated heterocycles. The molecule has 1 aliphatic rings. The zero-order valence-electron chi connectivity index (χ0n) is 10.8. The predicted molar refractivity (Wildman–Crippen MR) is 66.9 cm³/mol. The van der Waals surface area contributed by atoms with E-state index in [2.05, 4.69) is 23.8 Å². The fourth-order valence-corrected chi connectivity index (χ4v) is 1.31. The molecule has 1 rings (SSSR count). The molecule has 1 aliphatic heterocycles. The minimum absolute atomic E-state index is 0.0645. The van der Waals surface area contributed by atoms with Crippen LogP contribution in [0.4, 0.5) is 0 Å². The summed E-state index contributed by atoms with van der Waals surface area (Å²) in [7, 11) is 2.06. The van der Waals surface area contributed by atoms with Crippen molar-refractivity contribution in [2.75, 3.05) is 20.1 Å². The number of carbonyl (C=O) groups excluding carboxylic acids is 1. The molecule has 1 amide bonds. The normalized spacial score (nSPS) is 19.1. The lowest BCUT2D eigenvalue weighted by Gasteiger charge is -2.10. The maximum atomic E-state index is 10.8. The highest BCUT2D eigenvalue weighted by atomic mass is 16.1. The largest absolute Gasteiger partial charge is 0.349 e. The van der Waals surface area contributed by atoms with Gasteiger partial charge in [-0.1, -0.05) is 34.3 Å². The van der Waals surface area contributed by atoms with Crippen molar-refractivity contribution in [1.29, 1.82) is 0 Å². The Bertz CT molecular complexity index is 169. The monoisotopic (exact) mass is 214 g/mol. The third kappa shape index (κ3) is 8.18. The first kappa shape index (κ1) is 16.6. The molecular formula is C12H26N2O. The van der Waals surface area contributed by atoms with Gasteiger partial charge in [0.1, 0.15) is 0 Å². The van der Waals surface area contributed by atoms with Gasteiger partial charge in [0.25, 0.3) is 0 Å². The zero-order valence-corrected chi connectivity index (χ0v) is 10.8. The van der Waals surface area contributed by atoms with E-state index in [0.717, 1.165) is 19.5 Å². The van der Waals surface area contributed by atoms with Crippen LogP contribution in [0.5, 0.6) is 0 Å². The quantitative estimate of drug-likeness (QED) is 0.714. The van der Waals surface area contributed by atoms with Gasteiger partial charge in [0.2, 0.25) is 5.91 Å². The van der Waals surface area contributed by atoms with Crippen molar-refractivity contribution in [3.8, 4) is 0 Å². The van der Waals surface area contributed by atoms with Crippen LogP contribution in [0.1, 0.15) is 34.1 Å². The van der Waals surface area contributed by atoms with Crippen LogP contribution in [0, 0.1) is 0 Å². The topological polar surface area (TPSA) is 32.3 Å². The molecule has 1 fully saturated rings. The summed E-state index contributed by atoms with van der Waals surface area (Å²) in [4.78, 5) is 13.0. The van der Waals surface area contributed by atoms with E-state index in [1.807, 2.05) is 27.7 Å². The Balaban J connectivity index is 0. The van der Waals surface area contributed by atoms with Gasteiger partial charge in [-0.2, -0.15) is 0 Å². The smallest absolute Gasteiger partial charge is 0.243 e. The second-order valence-electron chi connectivity index (χ2n) is 2.96. The molecule has 0 aromatic rings. The molecule has 0 radical (unpaired) electrons. The SMILES string of the molecule is C=CC(=O)NC1CCN(C)C1.CC.CC. The van der Waals surface area contributed by atoms with Gasteiger partial charge in [0, 0.05) is 12.6 Å².